The highest BCUT2D eigenvalue weighted by Crippen LogP contribution is 2.26. The fourth-order valence-electron chi connectivity index (χ4n) is 1.61. The summed E-state index contributed by atoms with van der Waals surface area (Å²) < 4.78 is 45.0. The second kappa shape index (κ2) is 5.96. The molecule has 4 nitrogen and oxygen atoms in total. The van der Waals surface area contributed by atoms with E-state index in [0.717, 1.165) is 12.2 Å². The standard InChI is InChI=1S/C13H13F3N2O2/c1-2-17-8-10-7-12(20-18-10)9-3-5-11(6-4-9)19-13(14,15)16/h3-7,17H,2,8H2,1H3. The Kier molecular flexibility index (Phi) is 4.29. The van der Waals surface area contributed by atoms with Crippen LogP contribution in [-0.4, -0.2) is 18.1 Å². The highest BCUT2D eigenvalue weighted by atomic mass is 19.4. The van der Waals surface area contributed by atoms with E-state index >= 15 is 0 Å². The van der Waals surface area contributed by atoms with Gasteiger partial charge in [-0.1, -0.05) is 12.1 Å². The summed E-state index contributed by atoms with van der Waals surface area (Å²) in [5.74, 6) is 0.227. The SMILES string of the molecule is CCNCc1cc(-c2ccc(OC(F)(F)F)cc2)on1. The molecule has 0 saturated carbocycles. The van der Waals surface area contributed by atoms with E-state index in [1.54, 1.807) is 6.07 Å². The van der Waals surface area contributed by atoms with Gasteiger partial charge in [-0.2, -0.15) is 0 Å². The van der Waals surface area contributed by atoms with Crippen LogP contribution < -0.4 is 10.1 Å². The number of ether oxygens (including phenoxy) is 1. The van der Waals surface area contributed by atoms with Crippen molar-refractivity contribution in [3.8, 4) is 17.1 Å². The van der Waals surface area contributed by atoms with Crippen LogP contribution in [0.15, 0.2) is 34.9 Å². The van der Waals surface area contributed by atoms with Crippen LogP contribution in [0.4, 0.5) is 13.2 Å². The van der Waals surface area contributed by atoms with E-state index < -0.39 is 6.36 Å². The van der Waals surface area contributed by atoms with Gasteiger partial charge in [0.05, 0.1) is 5.69 Å². The van der Waals surface area contributed by atoms with E-state index in [1.165, 1.54) is 24.3 Å². The van der Waals surface area contributed by atoms with Gasteiger partial charge in [-0.25, -0.2) is 0 Å². The molecule has 0 bridgehead atoms. The molecule has 0 amide bonds. The minimum Gasteiger partial charge on any atom is -0.406 e. The van der Waals surface area contributed by atoms with Crippen LogP contribution in [0.3, 0.4) is 0 Å². The van der Waals surface area contributed by atoms with Gasteiger partial charge >= 0.3 is 6.36 Å². The second-order valence-electron chi connectivity index (χ2n) is 4.04. The van der Waals surface area contributed by atoms with Gasteiger partial charge in [0.2, 0.25) is 0 Å². The number of nitrogens with one attached hydrogen (secondary N) is 1. The van der Waals surface area contributed by atoms with Crippen LogP contribution in [0.1, 0.15) is 12.6 Å². The number of rotatable bonds is 5. The third kappa shape index (κ3) is 3.99. The van der Waals surface area contributed by atoms with Crippen molar-refractivity contribution >= 4 is 0 Å². The Hall–Kier alpha value is -2.02. The number of halogens is 3. The normalized spacial score (nSPS) is 11.6. The van der Waals surface area contributed by atoms with Crippen LogP contribution >= 0.6 is 0 Å². The van der Waals surface area contributed by atoms with E-state index in [-0.39, 0.29) is 5.75 Å². The maximum Gasteiger partial charge on any atom is 0.573 e. The summed E-state index contributed by atoms with van der Waals surface area (Å²) in [6.45, 7) is 3.36. The molecule has 1 N–H and O–H groups in total. The predicted octanol–water partition coefficient (Wildman–Crippen LogP) is 3.35. The number of nitrogens with zero attached hydrogens (tertiary/aromatic N) is 1. The molecule has 0 atom stereocenters. The smallest absolute Gasteiger partial charge is 0.406 e. The van der Waals surface area contributed by atoms with Crippen molar-refractivity contribution in [2.75, 3.05) is 6.54 Å². The molecule has 0 aliphatic heterocycles. The molecule has 108 valence electrons. The molecule has 0 saturated heterocycles. The van der Waals surface area contributed by atoms with E-state index in [2.05, 4.69) is 15.2 Å². The Balaban J connectivity index is 2.07. The summed E-state index contributed by atoms with van der Waals surface area (Å²) in [6.07, 6.45) is -4.69. The van der Waals surface area contributed by atoms with Crippen LogP contribution in [-0.2, 0) is 6.54 Å². The molecule has 1 aromatic carbocycles. The van der Waals surface area contributed by atoms with E-state index in [9.17, 15) is 13.2 Å². The molecule has 1 aromatic heterocycles. The van der Waals surface area contributed by atoms with Crippen molar-refractivity contribution in [3.05, 3.63) is 36.0 Å². The van der Waals surface area contributed by atoms with E-state index in [1.807, 2.05) is 6.92 Å². The van der Waals surface area contributed by atoms with Crippen molar-refractivity contribution in [1.82, 2.24) is 10.5 Å². The third-order valence-electron chi connectivity index (χ3n) is 2.49. The van der Waals surface area contributed by atoms with Crippen LogP contribution in [0, 0.1) is 0 Å². The number of alkyl halides is 3. The van der Waals surface area contributed by atoms with Crippen molar-refractivity contribution < 1.29 is 22.4 Å². The van der Waals surface area contributed by atoms with Gasteiger partial charge in [-0.3, -0.25) is 0 Å². The zero-order valence-corrected chi connectivity index (χ0v) is 10.7. The first-order chi connectivity index (χ1) is 9.48. The van der Waals surface area contributed by atoms with Crippen molar-refractivity contribution in [3.63, 3.8) is 0 Å². The number of hydrogen-bond donors (Lipinski definition) is 1. The zero-order chi connectivity index (χ0) is 14.6. The zero-order valence-electron chi connectivity index (χ0n) is 10.7. The van der Waals surface area contributed by atoms with Gasteiger partial charge < -0.3 is 14.6 Å². The summed E-state index contributed by atoms with van der Waals surface area (Å²) in [5, 5.41) is 6.96. The van der Waals surface area contributed by atoms with Gasteiger partial charge in [0.15, 0.2) is 5.76 Å². The lowest BCUT2D eigenvalue weighted by molar-refractivity contribution is -0.274. The minimum atomic E-state index is -4.69. The second-order valence-corrected chi connectivity index (χ2v) is 4.04. The molecular formula is C13H13F3N2O2. The van der Waals surface area contributed by atoms with E-state index in [4.69, 9.17) is 4.52 Å². The number of hydrogen-bond acceptors (Lipinski definition) is 4. The Morgan fingerprint density at radius 1 is 1.25 bits per heavy atom. The van der Waals surface area contributed by atoms with Crippen LogP contribution in [0.5, 0.6) is 5.75 Å². The van der Waals surface area contributed by atoms with Crippen molar-refractivity contribution in [2.45, 2.75) is 19.8 Å². The molecule has 20 heavy (non-hydrogen) atoms. The molecule has 7 heteroatoms. The summed E-state index contributed by atoms with van der Waals surface area (Å²) >= 11 is 0. The fraction of sp³-hybridized carbons (Fsp3) is 0.308. The Labute approximate surface area is 113 Å². The van der Waals surface area contributed by atoms with Gasteiger partial charge in [0, 0.05) is 18.2 Å². The molecule has 0 unspecified atom stereocenters. The number of benzene rings is 1. The number of aromatic nitrogens is 1. The first kappa shape index (κ1) is 14.4. The maximum atomic E-state index is 12.0. The van der Waals surface area contributed by atoms with Gasteiger partial charge in [0.25, 0.3) is 0 Å². The molecular weight excluding hydrogens is 273 g/mol. The quantitative estimate of drug-likeness (QED) is 0.915. The van der Waals surface area contributed by atoms with Gasteiger partial charge in [-0.05, 0) is 30.8 Å². The maximum absolute atomic E-state index is 12.0. The molecule has 0 radical (unpaired) electrons. The predicted molar refractivity (Wildman–Crippen MR) is 66.0 cm³/mol. The van der Waals surface area contributed by atoms with E-state index in [0.29, 0.717) is 17.9 Å². The first-order valence-electron chi connectivity index (χ1n) is 6.00. The Morgan fingerprint density at radius 2 is 1.95 bits per heavy atom. The van der Waals surface area contributed by atoms with Crippen molar-refractivity contribution in [2.24, 2.45) is 0 Å². The Bertz CT molecular complexity index is 549. The Morgan fingerprint density at radius 3 is 2.55 bits per heavy atom. The molecule has 0 fully saturated rings. The summed E-state index contributed by atoms with van der Waals surface area (Å²) in [5.41, 5.74) is 1.37. The van der Waals surface area contributed by atoms with Crippen molar-refractivity contribution in [1.29, 1.82) is 0 Å². The fourth-order valence-corrected chi connectivity index (χ4v) is 1.61. The molecule has 2 aromatic rings. The van der Waals surface area contributed by atoms with Crippen LogP contribution in [0.2, 0.25) is 0 Å². The summed E-state index contributed by atoms with van der Waals surface area (Å²) in [4.78, 5) is 0. The van der Waals surface area contributed by atoms with Gasteiger partial charge in [-0.15, -0.1) is 13.2 Å². The molecule has 0 spiro atoms. The third-order valence-corrected chi connectivity index (χ3v) is 2.49. The molecule has 1 heterocycles. The molecule has 0 aliphatic carbocycles. The lowest BCUT2D eigenvalue weighted by Crippen LogP contribution is -2.16. The lowest BCUT2D eigenvalue weighted by Gasteiger charge is -2.08. The molecule has 0 aliphatic rings. The lowest BCUT2D eigenvalue weighted by atomic mass is 10.1. The summed E-state index contributed by atoms with van der Waals surface area (Å²) in [6, 6.07) is 7.17. The highest BCUT2D eigenvalue weighted by Gasteiger charge is 2.30. The van der Waals surface area contributed by atoms with Gasteiger partial charge in [0.1, 0.15) is 5.75 Å². The average molecular weight is 286 g/mol. The largest absolute Gasteiger partial charge is 0.573 e. The minimum absolute atomic E-state index is 0.270. The topological polar surface area (TPSA) is 47.3 Å². The first-order valence-corrected chi connectivity index (χ1v) is 6.00. The monoisotopic (exact) mass is 286 g/mol. The van der Waals surface area contributed by atoms with Crippen LogP contribution in [0.25, 0.3) is 11.3 Å². The summed E-state index contributed by atoms with van der Waals surface area (Å²) in [7, 11) is 0. The molecule has 2 rings (SSSR count). The highest BCUT2D eigenvalue weighted by molar-refractivity contribution is 5.58. The average Bonchev–Trinajstić information content (AvgIpc) is 2.84.